The third-order valence-corrected chi connectivity index (χ3v) is 29.1. The van der Waals surface area contributed by atoms with Crippen molar-refractivity contribution < 1.29 is 45.1 Å². The van der Waals surface area contributed by atoms with E-state index in [2.05, 4.69) is 201 Å². The second-order valence-corrected chi connectivity index (χ2v) is 32.2. The number of aryl methyl sites for hydroxylation is 2. The molecule has 12 rings (SSSR count). The van der Waals surface area contributed by atoms with Crippen molar-refractivity contribution in [3.8, 4) is 44.5 Å². The van der Waals surface area contributed by atoms with Crippen molar-refractivity contribution in [1.82, 2.24) is 0 Å². The Labute approximate surface area is 442 Å². The van der Waals surface area contributed by atoms with Crippen molar-refractivity contribution >= 4 is 13.1 Å². The van der Waals surface area contributed by atoms with Gasteiger partial charge in [0.05, 0.1) is 0 Å². The monoisotopic (exact) mass is 1040 g/mol. The fourth-order valence-electron chi connectivity index (χ4n) is 13.2. The molecule has 360 valence electrons. The predicted octanol–water partition coefficient (Wildman–Crippen LogP) is 9.02. The minimum absolute atomic E-state index is 0. The fraction of sp³-hybridized carbons (Fsp3) is 0.294. The van der Waals surface area contributed by atoms with Crippen molar-refractivity contribution in [1.29, 1.82) is 0 Å². The van der Waals surface area contributed by atoms with E-state index in [1.165, 1.54) is 115 Å². The van der Waals surface area contributed by atoms with Gasteiger partial charge in [-0.2, -0.15) is 0 Å². The molecule has 8 aromatic rings. The summed E-state index contributed by atoms with van der Waals surface area (Å²) in [6.07, 6.45) is 10.8. The summed E-state index contributed by atoms with van der Waals surface area (Å²) in [5, 5.41) is 0. The van der Waals surface area contributed by atoms with Gasteiger partial charge < -0.3 is 24.8 Å². The molecule has 0 amide bonds. The molecule has 0 radical (unpaired) electrons. The number of fused-ring (bicyclic) bond motifs is 12. The van der Waals surface area contributed by atoms with Crippen LogP contribution in [0.4, 0.5) is 0 Å². The molecular weight excluding hydrogens is 979 g/mol. The molecule has 3 heteroatoms. The Morgan fingerprint density at radius 2 is 0.634 bits per heavy atom. The summed E-state index contributed by atoms with van der Waals surface area (Å²) in [4.78, 5) is 0. The van der Waals surface area contributed by atoms with Gasteiger partial charge in [0, 0.05) is 0 Å². The molecule has 0 nitrogen and oxygen atoms in total. The number of hydrogen-bond acceptors (Lipinski definition) is 0. The second kappa shape index (κ2) is 18.9. The largest absolute Gasteiger partial charge is 1.00 e. The summed E-state index contributed by atoms with van der Waals surface area (Å²) in [5.74, 6) is 0. The summed E-state index contributed by atoms with van der Waals surface area (Å²) >= 11 is -4.86. The zero-order chi connectivity index (χ0) is 47.4. The SMILES string of the molecule is CCCCc1cc2c([c]([Zr]([c]3cc(CCCC)cc4c3Cc3ccccc3-4)([c]3cc(C(C)(C)C)cc4c3Cc3ccccc3-4)[c]3cc(C(C)(C)C)cc4c3Cc3ccccc3-4)c1)Cc1ccccc1-2.[Cl-].[Cl-]. The van der Waals surface area contributed by atoms with Crippen LogP contribution in [-0.2, 0) is 69.6 Å². The zero-order valence-electron chi connectivity index (χ0n) is 43.2. The molecule has 71 heavy (non-hydrogen) atoms. The summed E-state index contributed by atoms with van der Waals surface area (Å²) in [5.41, 5.74) is 29.9. The number of unbranched alkanes of at least 4 members (excludes halogenated alkanes) is 2. The molecule has 0 unspecified atom stereocenters. The van der Waals surface area contributed by atoms with Crippen LogP contribution in [-0.4, -0.2) is 0 Å². The topological polar surface area (TPSA) is 0 Å². The van der Waals surface area contributed by atoms with Gasteiger partial charge in [0.25, 0.3) is 0 Å². The van der Waals surface area contributed by atoms with Gasteiger partial charge in [0.2, 0.25) is 0 Å². The van der Waals surface area contributed by atoms with E-state index in [0.29, 0.717) is 0 Å². The Kier molecular flexibility index (Phi) is 13.3. The summed E-state index contributed by atoms with van der Waals surface area (Å²) in [7, 11) is 0. The van der Waals surface area contributed by atoms with Crippen LogP contribution in [0.25, 0.3) is 44.5 Å². The quantitative estimate of drug-likeness (QED) is 0.128. The van der Waals surface area contributed by atoms with E-state index < -0.39 is 20.3 Å². The zero-order valence-corrected chi connectivity index (χ0v) is 47.2. The molecule has 0 saturated heterocycles. The van der Waals surface area contributed by atoms with Crippen molar-refractivity contribution in [3.05, 3.63) is 212 Å². The predicted molar refractivity (Wildman–Crippen MR) is 292 cm³/mol. The summed E-state index contributed by atoms with van der Waals surface area (Å²) in [6, 6.07) is 59.7. The fourth-order valence-corrected chi connectivity index (χ4v) is 27.9. The van der Waals surface area contributed by atoms with E-state index in [4.69, 9.17) is 0 Å². The first kappa shape index (κ1) is 49.8. The maximum Gasteiger partial charge on any atom is -1.00 e. The molecule has 0 fully saturated rings. The van der Waals surface area contributed by atoms with Crippen LogP contribution in [0.3, 0.4) is 0 Å². The standard InChI is InChI=1S/4C17H17.2ClH.Zr/c2*1-17(2,3)14-9-8-13-10-12-6-4-5-7-15(12)16(13)11-14;2*1-2-3-6-13-9-10-15-12-14-7-4-5-8-16(14)17(15)11-13;;;/h2*4-7,9,11H,10H2,1-3H3;2*4-5,7-9,11H,2-3,6,12H2,1H3;2*1H;/p-2. The Morgan fingerprint density at radius 3 is 0.930 bits per heavy atom. The number of halogens is 2. The molecule has 0 spiro atoms. The third-order valence-electron chi connectivity index (χ3n) is 16.8. The smallest absolute Gasteiger partial charge is 1.00 e. The first-order valence-corrected chi connectivity index (χ1v) is 31.3. The van der Waals surface area contributed by atoms with Gasteiger partial charge in [-0.15, -0.1) is 0 Å². The summed E-state index contributed by atoms with van der Waals surface area (Å²) < 4.78 is 6.82. The van der Waals surface area contributed by atoms with Crippen LogP contribution in [0.15, 0.2) is 146 Å². The van der Waals surface area contributed by atoms with Crippen LogP contribution >= 0.6 is 0 Å². The van der Waals surface area contributed by atoms with Gasteiger partial charge >= 0.3 is 421 Å². The van der Waals surface area contributed by atoms with Crippen molar-refractivity contribution in [2.24, 2.45) is 0 Å². The number of rotatable bonds is 10. The van der Waals surface area contributed by atoms with E-state index in [1.54, 1.807) is 35.3 Å². The maximum atomic E-state index is 2.86. The Morgan fingerprint density at radius 1 is 0.352 bits per heavy atom. The first-order valence-electron chi connectivity index (χ1n) is 26.4. The molecule has 0 atom stereocenters. The first-order chi connectivity index (χ1) is 33.4. The molecular formula is C68H68Cl2Zr-2. The van der Waals surface area contributed by atoms with Gasteiger partial charge in [-0.25, -0.2) is 0 Å². The Bertz CT molecular complexity index is 3170. The van der Waals surface area contributed by atoms with Crippen LogP contribution in [0, 0.1) is 0 Å². The van der Waals surface area contributed by atoms with Gasteiger partial charge in [0.1, 0.15) is 0 Å². The van der Waals surface area contributed by atoms with Crippen molar-refractivity contribution in [2.45, 2.75) is 130 Å². The molecule has 0 saturated carbocycles. The maximum absolute atomic E-state index is 4.86. The van der Waals surface area contributed by atoms with Crippen LogP contribution in [0.5, 0.6) is 0 Å². The van der Waals surface area contributed by atoms with Crippen LogP contribution in [0.1, 0.15) is 148 Å². The molecule has 0 N–H and O–H groups in total. The van der Waals surface area contributed by atoms with Crippen molar-refractivity contribution in [2.75, 3.05) is 0 Å². The van der Waals surface area contributed by atoms with Gasteiger partial charge in [-0.3, -0.25) is 0 Å². The van der Waals surface area contributed by atoms with Crippen LogP contribution in [0.2, 0.25) is 0 Å². The average Bonchev–Trinajstić information content (AvgIpc) is 4.12. The molecule has 0 bridgehead atoms. The Hall–Kier alpha value is -4.78. The number of benzene rings is 8. The van der Waals surface area contributed by atoms with Gasteiger partial charge in [-0.05, 0) is 0 Å². The van der Waals surface area contributed by atoms with Gasteiger partial charge in [0.15, 0.2) is 0 Å². The average molecular weight is 1050 g/mol. The normalized spacial score (nSPS) is 13.5. The minimum Gasteiger partial charge on any atom is -1.00 e. The molecule has 0 aromatic heterocycles. The molecule has 0 aliphatic heterocycles. The van der Waals surface area contributed by atoms with E-state index >= 15 is 0 Å². The molecule has 4 aliphatic carbocycles. The number of hydrogen-bond donors (Lipinski definition) is 0. The van der Waals surface area contributed by atoms with E-state index in [9.17, 15) is 0 Å². The second-order valence-electron chi connectivity index (χ2n) is 23.2. The summed E-state index contributed by atoms with van der Waals surface area (Å²) in [6.45, 7) is 19.5. The van der Waals surface area contributed by atoms with E-state index in [1.807, 2.05) is 0 Å². The van der Waals surface area contributed by atoms with E-state index in [-0.39, 0.29) is 35.6 Å². The van der Waals surface area contributed by atoms with Gasteiger partial charge in [-0.1, -0.05) is 0 Å². The minimum atomic E-state index is -4.86. The third kappa shape index (κ3) is 8.12. The molecule has 0 heterocycles. The van der Waals surface area contributed by atoms with E-state index in [0.717, 1.165) is 38.5 Å². The van der Waals surface area contributed by atoms with Crippen LogP contribution < -0.4 is 37.9 Å². The molecule has 8 aromatic carbocycles. The Balaban J connectivity index is 0.00000291. The van der Waals surface area contributed by atoms with Crippen molar-refractivity contribution in [3.63, 3.8) is 0 Å². The molecule has 4 aliphatic rings.